The molecular formula is C21H11Cl2NO4. The highest BCUT2D eigenvalue weighted by Crippen LogP contribution is 2.36. The van der Waals surface area contributed by atoms with E-state index in [1.807, 2.05) is 0 Å². The number of halogens is 2. The molecule has 1 aliphatic rings. The molecule has 0 fully saturated rings. The third-order valence-corrected chi connectivity index (χ3v) is 5.05. The summed E-state index contributed by atoms with van der Waals surface area (Å²) in [6.45, 7) is 0. The minimum Gasteiger partial charge on any atom is -0.478 e. The number of nitrogens with zero attached hydrogens (tertiary/aromatic N) is 1. The van der Waals surface area contributed by atoms with E-state index in [1.165, 1.54) is 24.3 Å². The van der Waals surface area contributed by atoms with Gasteiger partial charge in [-0.1, -0.05) is 47.5 Å². The lowest BCUT2D eigenvalue weighted by Crippen LogP contribution is -2.31. The van der Waals surface area contributed by atoms with E-state index < -0.39 is 17.8 Å². The van der Waals surface area contributed by atoms with Gasteiger partial charge in [-0.05, 0) is 42.0 Å². The highest BCUT2D eigenvalue weighted by atomic mass is 35.5. The van der Waals surface area contributed by atoms with Crippen LogP contribution in [0.2, 0.25) is 10.0 Å². The van der Waals surface area contributed by atoms with Gasteiger partial charge in [-0.2, -0.15) is 0 Å². The first-order valence-electron chi connectivity index (χ1n) is 8.19. The Hall–Kier alpha value is -3.15. The van der Waals surface area contributed by atoms with E-state index in [9.17, 15) is 19.5 Å². The van der Waals surface area contributed by atoms with Gasteiger partial charge in [-0.25, -0.2) is 9.69 Å². The number of aromatic carboxylic acids is 1. The Bertz CT molecular complexity index is 1140. The Morgan fingerprint density at radius 3 is 2.04 bits per heavy atom. The molecule has 7 heteroatoms. The first kappa shape index (κ1) is 18.2. The largest absolute Gasteiger partial charge is 0.478 e. The lowest BCUT2D eigenvalue weighted by atomic mass is 10.0. The number of benzene rings is 3. The molecule has 0 atom stereocenters. The summed E-state index contributed by atoms with van der Waals surface area (Å²) in [4.78, 5) is 38.2. The van der Waals surface area contributed by atoms with E-state index in [-0.39, 0.29) is 22.4 Å². The molecule has 4 rings (SSSR count). The summed E-state index contributed by atoms with van der Waals surface area (Å²) in [7, 11) is 0. The summed E-state index contributed by atoms with van der Waals surface area (Å²) in [5.41, 5.74) is 1.45. The van der Waals surface area contributed by atoms with E-state index in [0.29, 0.717) is 21.2 Å². The van der Waals surface area contributed by atoms with Gasteiger partial charge in [0.15, 0.2) is 0 Å². The van der Waals surface area contributed by atoms with Crippen molar-refractivity contribution in [1.29, 1.82) is 0 Å². The van der Waals surface area contributed by atoms with Crippen LogP contribution in [-0.2, 0) is 0 Å². The standard InChI is InChI=1S/C21H11Cl2NO4/c22-12-6-8-13(17(23)10-12)11-5-7-16(21(27)28)18(9-11)24-19(25)14-3-1-2-4-15(14)20(24)26/h1-10H,(H,27,28). The third-order valence-electron chi connectivity index (χ3n) is 4.51. The predicted octanol–water partition coefficient (Wildman–Crippen LogP) is 5.16. The average molecular weight is 412 g/mol. The fourth-order valence-corrected chi connectivity index (χ4v) is 3.71. The van der Waals surface area contributed by atoms with E-state index in [0.717, 1.165) is 4.90 Å². The van der Waals surface area contributed by atoms with Gasteiger partial charge in [-0.3, -0.25) is 9.59 Å². The molecule has 138 valence electrons. The highest BCUT2D eigenvalue weighted by Gasteiger charge is 2.38. The van der Waals surface area contributed by atoms with Crippen molar-refractivity contribution in [2.45, 2.75) is 0 Å². The SMILES string of the molecule is O=C(O)c1ccc(-c2ccc(Cl)cc2Cl)cc1N1C(=O)c2ccccc2C1=O. The van der Waals surface area contributed by atoms with Gasteiger partial charge in [0, 0.05) is 15.6 Å². The van der Waals surface area contributed by atoms with Crippen molar-refractivity contribution in [2.24, 2.45) is 0 Å². The minimum absolute atomic E-state index is 0.0118. The normalized spacial score (nSPS) is 13.0. The second-order valence-electron chi connectivity index (χ2n) is 6.15. The van der Waals surface area contributed by atoms with Gasteiger partial charge in [0.25, 0.3) is 11.8 Å². The summed E-state index contributed by atoms with van der Waals surface area (Å²) in [6.07, 6.45) is 0. The molecule has 0 bridgehead atoms. The van der Waals surface area contributed by atoms with Crippen molar-refractivity contribution < 1.29 is 19.5 Å². The molecule has 0 aliphatic carbocycles. The molecule has 3 aromatic carbocycles. The highest BCUT2D eigenvalue weighted by molar-refractivity contribution is 6.37. The van der Waals surface area contributed by atoms with Crippen molar-refractivity contribution in [3.63, 3.8) is 0 Å². The fourth-order valence-electron chi connectivity index (χ4n) is 3.20. The molecule has 1 aliphatic heterocycles. The van der Waals surface area contributed by atoms with Gasteiger partial charge in [0.1, 0.15) is 0 Å². The number of hydrogen-bond acceptors (Lipinski definition) is 3. The van der Waals surface area contributed by atoms with Crippen LogP contribution in [0.4, 0.5) is 5.69 Å². The molecule has 0 spiro atoms. The molecule has 1 heterocycles. The topological polar surface area (TPSA) is 74.7 Å². The number of imide groups is 1. The van der Waals surface area contributed by atoms with Crippen LogP contribution in [0.3, 0.4) is 0 Å². The quantitative estimate of drug-likeness (QED) is 0.603. The number of carbonyl (C=O) groups is 3. The number of anilines is 1. The van der Waals surface area contributed by atoms with Gasteiger partial charge in [0.05, 0.1) is 22.4 Å². The van der Waals surface area contributed by atoms with Gasteiger partial charge in [0.2, 0.25) is 0 Å². The molecule has 0 saturated heterocycles. The van der Waals surface area contributed by atoms with E-state index in [1.54, 1.807) is 36.4 Å². The number of rotatable bonds is 3. The monoisotopic (exact) mass is 411 g/mol. The summed E-state index contributed by atoms with van der Waals surface area (Å²) >= 11 is 12.2. The smallest absolute Gasteiger partial charge is 0.337 e. The van der Waals surface area contributed by atoms with Gasteiger partial charge < -0.3 is 5.11 Å². The van der Waals surface area contributed by atoms with Gasteiger partial charge >= 0.3 is 5.97 Å². The fraction of sp³-hybridized carbons (Fsp3) is 0. The van der Waals surface area contributed by atoms with Crippen LogP contribution >= 0.6 is 23.2 Å². The van der Waals surface area contributed by atoms with Crippen LogP contribution < -0.4 is 4.90 Å². The molecule has 0 radical (unpaired) electrons. The lowest BCUT2D eigenvalue weighted by Gasteiger charge is -2.18. The Morgan fingerprint density at radius 2 is 1.46 bits per heavy atom. The summed E-state index contributed by atoms with van der Waals surface area (Å²) in [6, 6.07) is 15.7. The first-order chi connectivity index (χ1) is 13.4. The lowest BCUT2D eigenvalue weighted by molar-refractivity contribution is 0.0698. The molecule has 2 amide bonds. The average Bonchev–Trinajstić information content (AvgIpc) is 2.92. The number of carboxylic acid groups (broad SMARTS) is 1. The maximum atomic E-state index is 12.8. The van der Waals surface area contributed by atoms with E-state index in [4.69, 9.17) is 23.2 Å². The molecular weight excluding hydrogens is 401 g/mol. The second kappa shape index (κ2) is 6.78. The van der Waals surface area contributed by atoms with Crippen LogP contribution in [0.15, 0.2) is 60.7 Å². The van der Waals surface area contributed by atoms with Crippen LogP contribution in [0, 0.1) is 0 Å². The predicted molar refractivity (Wildman–Crippen MR) is 106 cm³/mol. The number of hydrogen-bond donors (Lipinski definition) is 1. The molecule has 3 aromatic rings. The Morgan fingerprint density at radius 1 is 0.821 bits per heavy atom. The van der Waals surface area contributed by atoms with Crippen LogP contribution in [0.5, 0.6) is 0 Å². The molecule has 5 nitrogen and oxygen atoms in total. The Balaban J connectivity index is 1.90. The third kappa shape index (κ3) is 2.85. The maximum absolute atomic E-state index is 12.8. The van der Waals surface area contributed by atoms with Crippen molar-refractivity contribution in [2.75, 3.05) is 4.90 Å². The number of amides is 2. The minimum atomic E-state index is -1.25. The van der Waals surface area contributed by atoms with Crippen molar-refractivity contribution in [1.82, 2.24) is 0 Å². The molecule has 0 unspecified atom stereocenters. The van der Waals surface area contributed by atoms with Crippen LogP contribution in [0.25, 0.3) is 11.1 Å². The van der Waals surface area contributed by atoms with Crippen LogP contribution in [0.1, 0.15) is 31.1 Å². The first-order valence-corrected chi connectivity index (χ1v) is 8.94. The summed E-state index contributed by atoms with van der Waals surface area (Å²) in [5.74, 6) is -2.38. The van der Waals surface area contributed by atoms with E-state index >= 15 is 0 Å². The zero-order valence-corrected chi connectivity index (χ0v) is 15.7. The zero-order chi connectivity index (χ0) is 20.0. The van der Waals surface area contributed by atoms with Crippen LogP contribution in [-0.4, -0.2) is 22.9 Å². The number of fused-ring (bicyclic) bond motifs is 1. The Labute approximate surface area is 169 Å². The number of carboxylic acids is 1. The van der Waals surface area contributed by atoms with Crippen molar-refractivity contribution in [3.05, 3.63) is 87.4 Å². The zero-order valence-electron chi connectivity index (χ0n) is 14.1. The van der Waals surface area contributed by atoms with Crippen molar-refractivity contribution in [3.8, 4) is 11.1 Å². The molecule has 0 aromatic heterocycles. The maximum Gasteiger partial charge on any atom is 0.337 e. The Kier molecular flexibility index (Phi) is 4.41. The van der Waals surface area contributed by atoms with Gasteiger partial charge in [-0.15, -0.1) is 0 Å². The van der Waals surface area contributed by atoms with E-state index in [2.05, 4.69) is 0 Å². The summed E-state index contributed by atoms with van der Waals surface area (Å²) in [5, 5.41) is 10.4. The molecule has 1 N–H and O–H groups in total. The van der Waals surface area contributed by atoms with Crippen molar-refractivity contribution >= 4 is 46.7 Å². The molecule has 28 heavy (non-hydrogen) atoms. The second-order valence-corrected chi connectivity index (χ2v) is 7.00. The molecule has 0 saturated carbocycles. The number of carbonyl (C=O) groups excluding carboxylic acids is 2. The summed E-state index contributed by atoms with van der Waals surface area (Å²) < 4.78 is 0.